The van der Waals surface area contributed by atoms with Crippen molar-refractivity contribution in [3.05, 3.63) is 97.2 Å². The first kappa shape index (κ1) is 45.3. The Kier molecular flexibility index (Phi) is 32.2. The average Bonchev–Trinajstić information content (AvgIpc) is 3.05. The maximum Gasteiger partial charge on any atom is 0.267 e. The van der Waals surface area contributed by atoms with Crippen molar-refractivity contribution in [3.63, 3.8) is 0 Å². The van der Waals surface area contributed by atoms with Crippen LogP contribution in [0.25, 0.3) is 0 Å². The van der Waals surface area contributed by atoms with Gasteiger partial charge >= 0.3 is 0 Å². The molecule has 0 fully saturated rings. The Hall–Kier alpha value is -2.74. The van der Waals surface area contributed by atoms with Gasteiger partial charge in [0, 0.05) is 6.42 Å². The van der Waals surface area contributed by atoms with Crippen LogP contribution >= 0.6 is 0 Å². The number of hydrogen-bond acceptors (Lipinski definition) is 4. The molecule has 2 unspecified atom stereocenters. The summed E-state index contributed by atoms with van der Waals surface area (Å²) in [7, 11) is -4.37. The smallest absolute Gasteiger partial charge is 0.267 e. The maximum absolute atomic E-state index is 12.5. The van der Waals surface area contributed by atoms with Gasteiger partial charge in [-0.3, -0.25) is 9.35 Å². The molecule has 0 saturated heterocycles. The highest BCUT2D eigenvalue weighted by Gasteiger charge is 2.24. The quantitative estimate of drug-likeness (QED) is 0.0383. The molecule has 0 aromatic carbocycles. The second-order valence-electron chi connectivity index (χ2n) is 12.1. The monoisotopic (exact) mass is 685 g/mol. The zero-order chi connectivity index (χ0) is 35.4. The third-order valence-corrected chi connectivity index (χ3v) is 8.25. The largest absolute Gasteiger partial charge is 0.387 e. The van der Waals surface area contributed by atoms with Crippen LogP contribution in [0.4, 0.5) is 0 Å². The second-order valence-corrected chi connectivity index (χ2v) is 13.6. The van der Waals surface area contributed by atoms with Crippen LogP contribution in [-0.2, 0) is 14.9 Å². The van der Waals surface area contributed by atoms with Crippen LogP contribution in [0.2, 0.25) is 0 Å². The van der Waals surface area contributed by atoms with E-state index in [0.29, 0.717) is 12.8 Å². The van der Waals surface area contributed by atoms with E-state index in [0.717, 1.165) is 77.0 Å². The molecule has 0 aliphatic carbocycles. The Labute approximate surface area is 294 Å². The summed E-state index contributed by atoms with van der Waals surface area (Å²) in [5.74, 6) is -1.07. The van der Waals surface area contributed by atoms with Gasteiger partial charge in [-0.25, -0.2) is 0 Å². The Morgan fingerprint density at radius 3 is 1.52 bits per heavy atom. The molecule has 7 heteroatoms. The van der Waals surface area contributed by atoms with Crippen LogP contribution in [0.15, 0.2) is 97.2 Å². The van der Waals surface area contributed by atoms with E-state index in [4.69, 9.17) is 0 Å². The van der Waals surface area contributed by atoms with E-state index in [2.05, 4.69) is 104 Å². The second kappa shape index (κ2) is 34.1. The van der Waals surface area contributed by atoms with Crippen molar-refractivity contribution in [2.45, 2.75) is 148 Å². The van der Waals surface area contributed by atoms with Crippen molar-refractivity contribution < 1.29 is 22.9 Å². The van der Waals surface area contributed by atoms with Gasteiger partial charge in [0.15, 0.2) is 0 Å². The number of amides is 1. The average molecular weight is 686 g/mol. The SMILES string of the molecule is CC/C=C\C/C=C\C/C=C\C/C=C\C/C=C\CCCCCC(=O)NC(CS(=O)(=O)O)C(O)/C=C/CC/C=C/CC/C=C/CCCCCC. The summed E-state index contributed by atoms with van der Waals surface area (Å²) >= 11 is 0. The molecule has 0 heterocycles. The molecule has 0 aliphatic rings. The summed E-state index contributed by atoms with van der Waals surface area (Å²) < 4.78 is 32.4. The molecule has 272 valence electrons. The number of carbonyl (C=O) groups is 1. The van der Waals surface area contributed by atoms with Crippen LogP contribution in [0.3, 0.4) is 0 Å². The molecule has 2 atom stereocenters. The summed E-state index contributed by atoms with van der Waals surface area (Å²) in [6, 6.07) is -1.10. The molecule has 0 aromatic heterocycles. The van der Waals surface area contributed by atoms with Crippen molar-refractivity contribution >= 4 is 16.0 Å². The molecule has 0 rings (SSSR count). The van der Waals surface area contributed by atoms with Crippen molar-refractivity contribution in [1.82, 2.24) is 5.32 Å². The molecule has 0 aromatic rings. The van der Waals surface area contributed by atoms with E-state index in [1.54, 1.807) is 6.08 Å². The Morgan fingerprint density at radius 2 is 1.02 bits per heavy atom. The van der Waals surface area contributed by atoms with Gasteiger partial charge in [0.2, 0.25) is 5.91 Å². The predicted molar refractivity (Wildman–Crippen MR) is 207 cm³/mol. The molecular weight excluding hydrogens is 619 g/mol. The molecule has 0 saturated carbocycles. The summed E-state index contributed by atoms with van der Waals surface area (Å²) in [5, 5.41) is 13.1. The predicted octanol–water partition coefficient (Wildman–Crippen LogP) is 10.6. The Balaban J connectivity index is 4.16. The topological polar surface area (TPSA) is 104 Å². The van der Waals surface area contributed by atoms with E-state index >= 15 is 0 Å². The van der Waals surface area contributed by atoms with Crippen molar-refractivity contribution in [1.29, 1.82) is 0 Å². The van der Waals surface area contributed by atoms with Gasteiger partial charge in [-0.05, 0) is 89.9 Å². The van der Waals surface area contributed by atoms with E-state index < -0.39 is 28.0 Å². The fourth-order valence-electron chi connectivity index (χ4n) is 4.74. The van der Waals surface area contributed by atoms with E-state index in [1.165, 1.54) is 31.8 Å². The first-order valence-corrected chi connectivity index (χ1v) is 20.0. The number of aliphatic hydroxyl groups is 1. The van der Waals surface area contributed by atoms with Crippen LogP contribution in [0.1, 0.15) is 136 Å². The Bertz CT molecular complexity index is 1110. The highest BCUT2D eigenvalue weighted by molar-refractivity contribution is 7.85. The lowest BCUT2D eigenvalue weighted by Crippen LogP contribution is -2.46. The van der Waals surface area contributed by atoms with Crippen molar-refractivity contribution in [3.8, 4) is 0 Å². The van der Waals surface area contributed by atoms with Crippen LogP contribution in [0.5, 0.6) is 0 Å². The van der Waals surface area contributed by atoms with E-state index in [-0.39, 0.29) is 12.3 Å². The lowest BCUT2D eigenvalue weighted by Gasteiger charge is -2.21. The first-order chi connectivity index (χ1) is 23.3. The zero-order valence-electron chi connectivity index (χ0n) is 30.1. The number of rotatable bonds is 31. The zero-order valence-corrected chi connectivity index (χ0v) is 30.9. The van der Waals surface area contributed by atoms with Crippen LogP contribution in [0, 0.1) is 0 Å². The van der Waals surface area contributed by atoms with Gasteiger partial charge in [-0.15, -0.1) is 0 Å². The lowest BCUT2D eigenvalue weighted by atomic mass is 10.1. The van der Waals surface area contributed by atoms with Gasteiger partial charge in [-0.1, -0.05) is 137 Å². The van der Waals surface area contributed by atoms with E-state index in [1.807, 2.05) is 0 Å². The molecule has 1 amide bonds. The number of allylic oxidation sites excluding steroid dienone is 15. The minimum Gasteiger partial charge on any atom is -0.387 e. The summed E-state index contributed by atoms with van der Waals surface area (Å²) in [6.07, 6.45) is 51.0. The highest BCUT2D eigenvalue weighted by Crippen LogP contribution is 2.08. The van der Waals surface area contributed by atoms with E-state index in [9.17, 15) is 22.9 Å². The van der Waals surface area contributed by atoms with Gasteiger partial charge in [-0.2, -0.15) is 8.42 Å². The minimum atomic E-state index is -4.37. The number of carbonyl (C=O) groups excluding carboxylic acids is 1. The minimum absolute atomic E-state index is 0.239. The summed E-state index contributed by atoms with van der Waals surface area (Å²) in [6.45, 7) is 4.36. The third-order valence-electron chi connectivity index (χ3n) is 7.47. The third kappa shape index (κ3) is 34.6. The normalized spacial score (nSPS) is 14.5. The maximum atomic E-state index is 12.5. The van der Waals surface area contributed by atoms with Crippen molar-refractivity contribution in [2.75, 3.05) is 5.75 Å². The molecule has 0 aliphatic heterocycles. The molecule has 6 nitrogen and oxygen atoms in total. The lowest BCUT2D eigenvalue weighted by molar-refractivity contribution is -0.122. The fourth-order valence-corrected chi connectivity index (χ4v) is 5.47. The molecule has 0 radical (unpaired) electrons. The number of unbranched alkanes of at least 4 members (excludes halogenated alkanes) is 9. The summed E-state index contributed by atoms with van der Waals surface area (Å²) in [4.78, 5) is 12.5. The number of aliphatic hydroxyl groups excluding tert-OH is 1. The molecule has 0 spiro atoms. The molecule has 48 heavy (non-hydrogen) atoms. The standard InChI is InChI=1S/C41H67NO5S/c1-3-5-7-9-11-13-15-17-19-20-21-22-23-25-27-29-31-33-35-37-41(44)42-39(38-48(45,46)47)40(43)36-34-32-30-28-26-24-18-16-14-12-10-8-6-4-2/h5,7,11,13-14,16-17,19,21-22,25-28,34,36,39-40,43H,3-4,6,8-10,12,15,18,20,23-24,29-33,35,37-38H2,1-2H3,(H,42,44)(H,45,46,47)/b7-5-,13-11-,16-14+,19-17-,22-21-,27-25-,28-26+,36-34+. The molecule has 3 N–H and O–H groups in total. The first-order valence-electron chi connectivity index (χ1n) is 18.4. The Morgan fingerprint density at radius 1 is 0.583 bits per heavy atom. The molecular formula is C41H67NO5S. The van der Waals surface area contributed by atoms with Gasteiger partial charge < -0.3 is 10.4 Å². The molecule has 0 bridgehead atoms. The van der Waals surface area contributed by atoms with Crippen LogP contribution < -0.4 is 5.32 Å². The number of nitrogens with one attached hydrogen (secondary N) is 1. The van der Waals surface area contributed by atoms with Crippen LogP contribution in [-0.4, -0.2) is 41.9 Å². The fraction of sp³-hybridized carbons (Fsp3) is 0.585. The van der Waals surface area contributed by atoms with Crippen molar-refractivity contribution in [2.24, 2.45) is 0 Å². The highest BCUT2D eigenvalue weighted by atomic mass is 32.2. The summed E-state index contributed by atoms with van der Waals surface area (Å²) in [5.41, 5.74) is 0. The van der Waals surface area contributed by atoms with Gasteiger partial charge in [0.1, 0.15) is 0 Å². The number of hydrogen-bond donors (Lipinski definition) is 3. The van der Waals surface area contributed by atoms with Gasteiger partial charge in [0.05, 0.1) is 17.9 Å². The van der Waals surface area contributed by atoms with Gasteiger partial charge in [0.25, 0.3) is 10.1 Å².